The molecule has 0 aliphatic heterocycles. The van der Waals surface area contributed by atoms with Gasteiger partial charge in [0, 0.05) is 5.56 Å². The van der Waals surface area contributed by atoms with Crippen molar-refractivity contribution in [3.05, 3.63) is 28.8 Å². The molecule has 0 amide bonds. The van der Waals surface area contributed by atoms with Crippen LogP contribution in [0.15, 0.2) is 18.2 Å². The van der Waals surface area contributed by atoms with Crippen LogP contribution in [0.25, 0.3) is 0 Å². The van der Waals surface area contributed by atoms with Gasteiger partial charge in [-0.25, -0.2) is 0 Å². The van der Waals surface area contributed by atoms with Crippen molar-refractivity contribution >= 4 is 11.6 Å². The van der Waals surface area contributed by atoms with E-state index in [1.165, 1.54) is 18.2 Å². The Morgan fingerprint density at radius 2 is 2.55 bits per heavy atom. The molecule has 0 bridgehead atoms. The Labute approximate surface area is 75.2 Å². The average Bonchev–Trinajstić information content (AvgIpc) is 2.01. The standard InChI is InChI=1S/C9H7ClO/c1-3-7-4-5-8(11-2)6-9(7)10/h1,4-6H,2H3/i2D3. The Bertz CT molecular complexity index is 379. The maximum absolute atomic E-state index is 6.87. The third-order valence-electron chi connectivity index (χ3n) is 1.21. The van der Waals surface area contributed by atoms with E-state index in [1.54, 1.807) is 0 Å². The van der Waals surface area contributed by atoms with E-state index >= 15 is 0 Å². The molecule has 0 spiro atoms. The van der Waals surface area contributed by atoms with E-state index in [1.807, 2.05) is 0 Å². The van der Waals surface area contributed by atoms with Crippen LogP contribution in [0.5, 0.6) is 5.75 Å². The first-order chi connectivity index (χ1) is 6.42. The van der Waals surface area contributed by atoms with Crippen LogP contribution in [0.4, 0.5) is 0 Å². The van der Waals surface area contributed by atoms with E-state index in [9.17, 15) is 0 Å². The molecule has 0 saturated carbocycles. The number of hydrogen-bond donors (Lipinski definition) is 0. The zero-order valence-corrected chi connectivity index (χ0v) is 6.35. The molecule has 0 heterocycles. The van der Waals surface area contributed by atoms with Crippen molar-refractivity contribution in [3.63, 3.8) is 0 Å². The summed E-state index contributed by atoms with van der Waals surface area (Å²) >= 11 is 5.75. The molecule has 1 aromatic carbocycles. The molecule has 0 aliphatic carbocycles. The molecule has 0 aliphatic rings. The molecule has 0 atom stereocenters. The molecule has 0 saturated heterocycles. The minimum absolute atomic E-state index is 0.175. The number of methoxy groups -OCH3 is 1. The number of terminal acetylenes is 1. The van der Waals surface area contributed by atoms with Gasteiger partial charge in [-0.05, 0) is 18.2 Å². The highest BCUT2D eigenvalue weighted by atomic mass is 35.5. The second-order valence-electron chi connectivity index (χ2n) is 1.89. The molecule has 0 radical (unpaired) electrons. The molecule has 0 unspecified atom stereocenters. The summed E-state index contributed by atoms with van der Waals surface area (Å²) in [7, 11) is -2.47. The molecule has 0 N–H and O–H groups in total. The zero-order valence-electron chi connectivity index (χ0n) is 8.60. The zero-order chi connectivity index (χ0) is 10.8. The summed E-state index contributed by atoms with van der Waals surface area (Å²) in [5, 5.41) is 0.300. The third-order valence-corrected chi connectivity index (χ3v) is 1.53. The first-order valence-corrected chi connectivity index (χ1v) is 3.25. The largest absolute Gasteiger partial charge is 0.497 e. The van der Waals surface area contributed by atoms with E-state index in [4.69, 9.17) is 22.1 Å². The maximum Gasteiger partial charge on any atom is 0.120 e. The van der Waals surface area contributed by atoms with E-state index in [0.29, 0.717) is 10.6 Å². The van der Waals surface area contributed by atoms with Gasteiger partial charge in [-0.2, -0.15) is 0 Å². The van der Waals surface area contributed by atoms with Crippen molar-refractivity contribution in [1.82, 2.24) is 0 Å². The molecule has 1 nitrogen and oxygen atoms in total. The monoisotopic (exact) mass is 169 g/mol. The lowest BCUT2D eigenvalue weighted by Crippen LogP contribution is -1.83. The van der Waals surface area contributed by atoms with Crippen molar-refractivity contribution in [2.45, 2.75) is 0 Å². The van der Waals surface area contributed by atoms with Crippen LogP contribution in [0.2, 0.25) is 5.02 Å². The van der Waals surface area contributed by atoms with Crippen molar-refractivity contribution in [2.75, 3.05) is 7.04 Å². The SMILES string of the molecule is [2H]C([2H])([2H])Oc1ccc(C#C)c(Cl)c1. The summed E-state index contributed by atoms with van der Waals surface area (Å²) in [6.07, 6.45) is 5.14. The summed E-state index contributed by atoms with van der Waals surface area (Å²) in [5.41, 5.74) is 0.504. The molecule has 0 fully saturated rings. The van der Waals surface area contributed by atoms with Crippen molar-refractivity contribution in [1.29, 1.82) is 0 Å². The topological polar surface area (TPSA) is 9.23 Å². The first kappa shape index (κ1) is 4.69. The summed E-state index contributed by atoms with van der Waals surface area (Å²) in [5.74, 6) is 2.53. The summed E-state index contributed by atoms with van der Waals surface area (Å²) in [6.45, 7) is 0. The molecule has 11 heavy (non-hydrogen) atoms. The van der Waals surface area contributed by atoms with Gasteiger partial charge in [-0.1, -0.05) is 17.5 Å². The number of ether oxygens (including phenoxy) is 1. The normalized spacial score (nSPS) is 14.0. The average molecular weight is 170 g/mol. The molecule has 56 valence electrons. The fourth-order valence-electron chi connectivity index (χ4n) is 0.676. The molecule has 0 aromatic heterocycles. The Morgan fingerprint density at radius 1 is 1.73 bits per heavy atom. The summed E-state index contributed by atoms with van der Waals surface area (Å²) in [6, 6.07) is 4.37. The first-order valence-electron chi connectivity index (χ1n) is 4.37. The summed E-state index contributed by atoms with van der Waals surface area (Å²) in [4.78, 5) is 0. The number of rotatable bonds is 1. The van der Waals surface area contributed by atoms with Crippen LogP contribution in [-0.4, -0.2) is 7.04 Å². The predicted octanol–water partition coefficient (Wildman–Crippen LogP) is 2.33. The highest BCUT2D eigenvalue weighted by molar-refractivity contribution is 6.31. The number of halogens is 1. The number of hydrogen-bond acceptors (Lipinski definition) is 1. The second-order valence-corrected chi connectivity index (χ2v) is 2.30. The van der Waals surface area contributed by atoms with Gasteiger partial charge >= 0.3 is 0 Å². The van der Waals surface area contributed by atoms with Crippen molar-refractivity contribution < 1.29 is 8.85 Å². The Hall–Kier alpha value is -1.13. The Balaban J connectivity index is 2.94. The molecular weight excluding hydrogens is 160 g/mol. The van der Waals surface area contributed by atoms with Crippen LogP contribution >= 0.6 is 11.6 Å². The van der Waals surface area contributed by atoms with Gasteiger partial charge in [-0.15, -0.1) is 6.42 Å². The molecule has 1 aromatic rings. The molecule has 2 heteroatoms. The van der Waals surface area contributed by atoms with Crippen LogP contribution in [0.1, 0.15) is 9.68 Å². The smallest absolute Gasteiger partial charge is 0.120 e. The van der Waals surface area contributed by atoms with E-state index < -0.39 is 7.04 Å². The van der Waals surface area contributed by atoms with Gasteiger partial charge in [0.15, 0.2) is 0 Å². The van der Waals surface area contributed by atoms with Crippen LogP contribution in [0, 0.1) is 12.3 Å². The van der Waals surface area contributed by atoms with Gasteiger partial charge < -0.3 is 4.74 Å². The minimum atomic E-state index is -2.47. The third kappa shape index (κ3) is 1.66. The van der Waals surface area contributed by atoms with Crippen molar-refractivity contribution in [3.8, 4) is 18.1 Å². The lowest BCUT2D eigenvalue weighted by atomic mass is 10.2. The second kappa shape index (κ2) is 3.32. The van der Waals surface area contributed by atoms with Crippen LogP contribution < -0.4 is 4.74 Å². The van der Waals surface area contributed by atoms with Gasteiger partial charge in [0.2, 0.25) is 0 Å². The fraction of sp³-hybridized carbons (Fsp3) is 0.111. The van der Waals surface area contributed by atoms with Gasteiger partial charge in [0.1, 0.15) is 5.75 Å². The molecular formula is C9H7ClO. The number of benzene rings is 1. The van der Waals surface area contributed by atoms with Gasteiger partial charge in [0.05, 0.1) is 16.2 Å². The summed E-state index contributed by atoms with van der Waals surface area (Å²) < 4.78 is 25.2. The van der Waals surface area contributed by atoms with Gasteiger partial charge in [-0.3, -0.25) is 0 Å². The molecule has 1 rings (SSSR count). The minimum Gasteiger partial charge on any atom is -0.497 e. The van der Waals surface area contributed by atoms with E-state index in [0.717, 1.165) is 0 Å². The highest BCUT2D eigenvalue weighted by Crippen LogP contribution is 2.21. The van der Waals surface area contributed by atoms with Crippen LogP contribution in [0.3, 0.4) is 0 Å². The lowest BCUT2D eigenvalue weighted by Gasteiger charge is -2.00. The van der Waals surface area contributed by atoms with E-state index in [-0.39, 0.29) is 5.75 Å². The van der Waals surface area contributed by atoms with E-state index in [2.05, 4.69) is 10.7 Å². The predicted molar refractivity (Wildman–Crippen MR) is 45.9 cm³/mol. The quantitative estimate of drug-likeness (QED) is 0.587. The van der Waals surface area contributed by atoms with Crippen LogP contribution in [-0.2, 0) is 0 Å². The van der Waals surface area contributed by atoms with Crippen molar-refractivity contribution in [2.24, 2.45) is 0 Å². The maximum atomic E-state index is 6.87. The Morgan fingerprint density at radius 3 is 3.09 bits per heavy atom. The van der Waals surface area contributed by atoms with Gasteiger partial charge in [0.25, 0.3) is 0 Å². The fourth-order valence-corrected chi connectivity index (χ4v) is 0.901. The highest BCUT2D eigenvalue weighted by Gasteiger charge is 1.97. The lowest BCUT2D eigenvalue weighted by molar-refractivity contribution is 0.415. The Kier molecular flexibility index (Phi) is 1.41.